The van der Waals surface area contributed by atoms with Gasteiger partial charge in [0.25, 0.3) is 0 Å². The lowest BCUT2D eigenvalue weighted by Crippen LogP contribution is -2.39. The molecule has 0 amide bonds. The van der Waals surface area contributed by atoms with E-state index in [0.29, 0.717) is 5.41 Å². The molecule has 116 valence electrons. The van der Waals surface area contributed by atoms with Gasteiger partial charge in [-0.05, 0) is 61.7 Å². The van der Waals surface area contributed by atoms with Crippen LogP contribution in [0.4, 0.5) is 0 Å². The SMILES string of the molecule is CC1(C)CCCN(Cc2ccc(CCNC3CC3)cc2)C1. The van der Waals surface area contributed by atoms with Gasteiger partial charge in [0, 0.05) is 19.1 Å². The number of piperidine rings is 1. The van der Waals surface area contributed by atoms with Crippen LogP contribution in [0.25, 0.3) is 0 Å². The number of hydrogen-bond donors (Lipinski definition) is 1. The van der Waals surface area contributed by atoms with E-state index in [0.717, 1.165) is 25.6 Å². The molecule has 0 atom stereocenters. The van der Waals surface area contributed by atoms with E-state index in [1.54, 1.807) is 0 Å². The van der Waals surface area contributed by atoms with Gasteiger partial charge in [-0.2, -0.15) is 0 Å². The molecule has 1 N–H and O–H groups in total. The van der Waals surface area contributed by atoms with Crippen LogP contribution in [-0.4, -0.2) is 30.6 Å². The van der Waals surface area contributed by atoms with Crippen LogP contribution in [0.1, 0.15) is 50.7 Å². The van der Waals surface area contributed by atoms with Crippen molar-refractivity contribution in [2.24, 2.45) is 5.41 Å². The lowest BCUT2D eigenvalue weighted by molar-refractivity contribution is 0.111. The predicted octanol–water partition coefficient (Wildman–Crippen LogP) is 3.60. The Morgan fingerprint density at radius 2 is 1.86 bits per heavy atom. The van der Waals surface area contributed by atoms with Crippen molar-refractivity contribution in [3.63, 3.8) is 0 Å². The normalized spacial score (nSPS) is 22.4. The summed E-state index contributed by atoms with van der Waals surface area (Å²) in [5, 5.41) is 3.59. The molecule has 1 aliphatic carbocycles. The second-order valence-corrected chi connectivity index (χ2v) is 7.77. The maximum absolute atomic E-state index is 3.59. The molecule has 2 aliphatic rings. The van der Waals surface area contributed by atoms with Gasteiger partial charge >= 0.3 is 0 Å². The second kappa shape index (κ2) is 6.50. The highest BCUT2D eigenvalue weighted by molar-refractivity contribution is 5.23. The molecule has 1 aromatic carbocycles. The van der Waals surface area contributed by atoms with Crippen molar-refractivity contribution in [2.45, 2.75) is 58.5 Å². The number of benzene rings is 1. The number of nitrogens with zero attached hydrogens (tertiary/aromatic N) is 1. The largest absolute Gasteiger partial charge is 0.314 e. The van der Waals surface area contributed by atoms with Gasteiger partial charge in [0.1, 0.15) is 0 Å². The molecule has 2 fully saturated rings. The highest BCUT2D eigenvalue weighted by Crippen LogP contribution is 2.29. The molecule has 1 heterocycles. The minimum absolute atomic E-state index is 0.493. The highest BCUT2D eigenvalue weighted by atomic mass is 15.1. The van der Waals surface area contributed by atoms with Gasteiger partial charge in [-0.1, -0.05) is 38.1 Å². The molecular formula is C19H30N2. The third kappa shape index (κ3) is 4.82. The predicted molar refractivity (Wildman–Crippen MR) is 89.5 cm³/mol. The molecule has 1 aromatic rings. The Hall–Kier alpha value is -0.860. The van der Waals surface area contributed by atoms with Crippen molar-refractivity contribution in [3.8, 4) is 0 Å². The Morgan fingerprint density at radius 1 is 1.14 bits per heavy atom. The summed E-state index contributed by atoms with van der Waals surface area (Å²) in [4.78, 5) is 2.62. The van der Waals surface area contributed by atoms with E-state index in [1.807, 2.05) is 0 Å². The standard InChI is InChI=1S/C19H30N2/c1-19(2)11-3-13-21(15-19)14-17-6-4-16(5-7-17)10-12-20-18-8-9-18/h4-7,18,20H,3,8-15H2,1-2H3. The minimum Gasteiger partial charge on any atom is -0.314 e. The van der Waals surface area contributed by atoms with Crippen LogP contribution in [0.3, 0.4) is 0 Å². The molecule has 0 unspecified atom stereocenters. The van der Waals surface area contributed by atoms with Crippen LogP contribution in [0, 0.1) is 5.41 Å². The van der Waals surface area contributed by atoms with Crippen LogP contribution in [0.5, 0.6) is 0 Å². The first-order valence-electron chi connectivity index (χ1n) is 8.64. The van der Waals surface area contributed by atoms with Gasteiger partial charge in [-0.15, -0.1) is 0 Å². The van der Waals surface area contributed by atoms with Crippen LogP contribution in [0.15, 0.2) is 24.3 Å². The summed E-state index contributed by atoms with van der Waals surface area (Å²) in [6, 6.07) is 10.1. The van der Waals surface area contributed by atoms with E-state index in [9.17, 15) is 0 Å². The fourth-order valence-electron chi connectivity index (χ4n) is 3.46. The summed E-state index contributed by atoms with van der Waals surface area (Å²) in [6.07, 6.45) is 6.64. The van der Waals surface area contributed by atoms with Gasteiger partial charge in [0.15, 0.2) is 0 Å². The summed E-state index contributed by atoms with van der Waals surface area (Å²) in [5.74, 6) is 0. The van der Waals surface area contributed by atoms with E-state index in [2.05, 4.69) is 48.3 Å². The maximum atomic E-state index is 3.59. The van der Waals surface area contributed by atoms with E-state index >= 15 is 0 Å². The van der Waals surface area contributed by atoms with Crippen LogP contribution >= 0.6 is 0 Å². The highest BCUT2D eigenvalue weighted by Gasteiger charge is 2.26. The fourth-order valence-corrected chi connectivity index (χ4v) is 3.46. The molecule has 2 nitrogen and oxygen atoms in total. The molecule has 0 bridgehead atoms. The van der Waals surface area contributed by atoms with Crippen molar-refractivity contribution >= 4 is 0 Å². The van der Waals surface area contributed by atoms with Crippen LogP contribution in [-0.2, 0) is 13.0 Å². The molecule has 3 rings (SSSR count). The maximum Gasteiger partial charge on any atom is 0.0233 e. The van der Waals surface area contributed by atoms with Crippen LogP contribution in [0.2, 0.25) is 0 Å². The van der Waals surface area contributed by atoms with Gasteiger partial charge in [-0.3, -0.25) is 4.90 Å². The molecular weight excluding hydrogens is 256 g/mol. The van der Waals surface area contributed by atoms with Gasteiger partial charge in [0.05, 0.1) is 0 Å². The molecule has 1 saturated heterocycles. The lowest BCUT2D eigenvalue weighted by Gasteiger charge is -2.38. The first kappa shape index (κ1) is 15.1. The molecule has 0 spiro atoms. The Bertz CT molecular complexity index is 445. The van der Waals surface area contributed by atoms with Crippen molar-refractivity contribution in [2.75, 3.05) is 19.6 Å². The summed E-state index contributed by atoms with van der Waals surface area (Å²) >= 11 is 0. The fraction of sp³-hybridized carbons (Fsp3) is 0.684. The molecule has 0 aromatic heterocycles. The second-order valence-electron chi connectivity index (χ2n) is 7.77. The van der Waals surface area contributed by atoms with Gasteiger partial charge in [0.2, 0.25) is 0 Å². The Labute approximate surface area is 129 Å². The number of nitrogens with one attached hydrogen (secondary N) is 1. The molecule has 2 heteroatoms. The Morgan fingerprint density at radius 3 is 2.52 bits per heavy atom. The third-order valence-electron chi connectivity index (χ3n) is 4.83. The number of rotatable bonds is 6. The summed E-state index contributed by atoms with van der Waals surface area (Å²) in [7, 11) is 0. The number of likely N-dealkylation sites (tertiary alicyclic amines) is 1. The topological polar surface area (TPSA) is 15.3 Å². The van der Waals surface area contributed by atoms with Crippen molar-refractivity contribution in [1.29, 1.82) is 0 Å². The van der Waals surface area contributed by atoms with Gasteiger partial charge < -0.3 is 5.32 Å². The van der Waals surface area contributed by atoms with Crippen molar-refractivity contribution < 1.29 is 0 Å². The van der Waals surface area contributed by atoms with E-state index in [-0.39, 0.29) is 0 Å². The van der Waals surface area contributed by atoms with E-state index < -0.39 is 0 Å². The molecule has 1 aliphatic heterocycles. The lowest BCUT2D eigenvalue weighted by atomic mass is 9.84. The zero-order valence-corrected chi connectivity index (χ0v) is 13.7. The molecule has 0 radical (unpaired) electrons. The van der Waals surface area contributed by atoms with E-state index in [1.165, 1.54) is 49.9 Å². The zero-order chi connectivity index (χ0) is 14.7. The first-order chi connectivity index (χ1) is 10.1. The van der Waals surface area contributed by atoms with Crippen molar-refractivity contribution in [1.82, 2.24) is 10.2 Å². The average molecular weight is 286 g/mol. The Balaban J connectivity index is 1.47. The summed E-state index contributed by atoms with van der Waals surface area (Å²) < 4.78 is 0. The average Bonchev–Trinajstić information content (AvgIpc) is 3.24. The zero-order valence-electron chi connectivity index (χ0n) is 13.7. The van der Waals surface area contributed by atoms with Crippen molar-refractivity contribution in [3.05, 3.63) is 35.4 Å². The summed E-state index contributed by atoms with van der Waals surface area (Å²) in [6.45, 7) is 9.54. The number of hydrogen-bond acceptors (Lipinski definition) is 2. The molecule has 21 heavy (non-hydrogen) atoms. The van der Waals surface area contributed by atoms with E-state index in [4.69, 9.17) is 0 Å². The smallest absolute Gasteiger partial charge is 0.0233 e. The van der Waals surface area contributed by atoms with Crippen LogP contribution < -0.4 is 5.32 Å². The summed E-state index contributed by atoms with van der Waals surface area (Å²) in [5.41, 5.74) is 3.42. The quantitative estimate of drug-likeness (QED) is 0.859. The Kier molecular flexibility index (Phi) is 4.66. The monoisotopic (exact) mass is 286 g/mol. The van der Waals surface area contributed by atoms with Gasteiger partial charge in [-0.25, -0.2) is 0 Å². The molecule has 1 saturated carbocycles. The first-order valence-corrected chi connectivity index (χ1v) is 8.64. The third-order valence-corrected chi connectivity index (χ3v) is 4.83. The minimum atomic E-state index is 0.493.